The van der Waals surface area contributed by atoms with Gasteiger partial charge in [0.1, 0.15) is 5.00 Å². The maximum atomic E-state index is 12.6. The highest BCUT2D eigenvalue weighted by Gasteiger charge is 2.27. The summed E-state index contributed by atoms with van der Waals surface area (Å²) in [5.41, 5.74) is 7.09. The molecule has 3 N–H and O–H groups in total. The normalized spacial score (nSPS) is 17.0. The van der Waals surface area contributed by atoms with Crippen LogP contribution in [0.4, 0.5) is 5.00 Å². The second-order valence-corrected chi connectivity index (χ2v) is 7.78. The third-order valence-electron chi connectivity index (χ3n) is 5.11. The van der Waals surface area contributed by atoms with Gasteiger partial charge in [0.2, 0.25) is 5.91 Å². The Balaban J connectivity index is 1.51. The third kappa shape index (κ3) is 4.51. The van der Waals surface area contributed by atoms with Crippen molar-refractivity contribution < 1.29 is 9.59 Å². The van der Waals surface area contributed by atoms with E-state index in [1.165, 1.54) is 16.9 Å². The number of likely N-dealkylation sites (tertiary alicyclic amines) is 1. The van der Waals surface area contributed by atoms with E-state index in [9.17, 15) is 9.59 Å². The van der Waals surface area contributed by atoms with Crippen LogP contribution in [0.1, 0.15) is 35.7 Å². The molecule has 2 aromatic rings. The van der Waals surface area contributed by atoms with Gasteiger partial charge in [-0.05, 0) is 62.2 Å². The van der Waals surface area contributed by atoms with E-state index >= 15 is 0 Å². The summed E-state index contributed by atoms with van der Waals surface area (Å²) in [6.45, 7) is 3.75. The number of carbonyl (C=O) groups excluding carboxylic acids is 2. The number of hydrogen-bond acceptors (Lipinski definition) is 4. The Morgan fingerprint density at radius 1 is 1.23 bits per heavy atom. The first-order valence-electron chi connectivity index (χ1n) is 9.00. The molecule has 0 unspecified atom stereocenters. The van der Waals surface area contributed by atoms with Crippen molar-refractivity contribution in [1.29, 1.82) is 0 Å². The number of rotatable bonds is 6. The topological polar surface area (TPSA) is 75.4 Å². The number of nitrogens with zero attached hydrogens (tertiary/aromatic N) is 1. The van der Waals surface area contributed by atoms with Crippen LogP contribution in [-0.4, -0.2) is 35.8 Å². The van der Waals surface area contributed by atoms with Crippen LogP contribution >= 0.6 is 11.3 Å². The number of nitrogens with two attached hydrogens (primary N) is 1. The summed E-state index contributed by atoms with van der Waals surface area (Å²) in [7, 11) is 0. The highest BCUT2D eigenvalue weighted by atomic mass is 32.1. The minimum Gasteiger partial charge on any atom is -0.366 e. The van der Waals surface area contributed by atoms with E-state index < -0.39 is 5.91 Å². The summed E-state index contributed by atoms with van der Waals surface area (Å²) in [6.07, 6.45) is 3.29. The predicted molar refractivity (Wildman–Crippen MR) is 105 cm³/mol. The number of hydrogen-bond donors (Lipinski definition) is 2. The quantitative estimate of drug-likeness (QED) is 0.819. The molecule has 0 spiro atoms. The van der Waals surface area contributed by atoms with Crippen molar-refractivity contribution in [3.8, 4) is 0 Å². The molecule has 1 aliphatic rings. The molecule has 1 aromatic carbocycles. The number of piperidine rings is 1. The maximum absolute atomic E-state index is 12.6. The van der Waals surface area contributed by atoms with Crippen molar-refractivity contribution in [2.75, 3.05) is 18.4 Å². The van der Waals surface area contributed by atoms with Gasteiger partial charge in [0.25, 0.3) is 5.91 Å². The van der Waals surface area contributed by atoms with E-state index in [1.54, 1.807) is 11.4 Å². The van der Waals surface area contributed by atoms with Crippen LogP contribution in [0.2, 0.25) is 0 Å². The number of amides is 2. The first kappa shape index (κ1) is 18.6. The largest absolute Gasteiger partial charge is 0.366 e. The van der Waals surface area contributed by atoms with E-state index in [4.69, 9.17) is 5.73 Å². The van der Waals surface area contributed by atoms with Crippen LogP contribution in [-0.2, 0) is 11.2 Å². The lowest BCUT2D eigenvalue weighted by Crippen LogP contribution is -2.46. The summed E-state index contributed by atoms with van der Waals surface area (Å²) in [4.78, 5) is 26.2. The van der Waals surface area contributed by atoms with Crippen LogP contribution in [0.15, 0.2) is 41.8 Å². The fraction of sp³-hybridized carbons (Fsp3) is 0.400. The zero-order valence-corrected chi connectivity index (χ0v) is 15.8. The van der Waals surface area contributed by atoms with Crippen molar-refractivity contribution in [2.45, 2.75) is 32.2 Å². The van der Waals surface area contributed by atoms with Gasteiger partial charge in [0.15, 0.2) is 0 Å². The van der Waals surface area contributed by atoms with Gasteiger partial charge in [0.05, 0.1) is 11.6 Å². The predicted octanol–water partition coefficient (Wildman–Crippen LogP) is 3.13. The lowest BCUT2D eigenvalue weighted by Gasteiger charge is -2.35. The van der Waals surface area contributed by atoms with Gasteiger partial charge in [-0.1, -0.05) is 30.3 Å². The standard InChI is InChI=1S/C20H25N3O2S/c1-14(19(25)22-20-17(18(21)24)9-12-26-20)23-10-7-16(8-11-23)13-15-5-3-2-4-6-15/h2-6,9,12,14,16H,7-8,10-11,13H2,1H3,(H2,21,24)(H,22,25)/t14-/m1/s1. The molecule has 1 aromatic heterocycles. The van der Waals surface area contributed by atoms with Crippen LogP contribution < -0.4 is 11.1 Å². The van der Waals surface area contributed by atoms with Crippen molar-refractivity contribution in [1.82, 2.24) is 4.90 Å². The first-order valence-corrected chi connectivity index (χ1v) is 9.88. The van der Waals surface area contributed by atoms with E-state index in [0.29, 0.717) is 16.5 Å². The van der Waals surface area contributed by atoms with Crippen molar-refractivity contribution in [3.05, 3.63) is 52.9 Å². The molecule has 26 heavy (non-hydrogen) atoms. The SMILES string of the molecule is C[C@H](C(=O)Nc1sccc1C(N)=O)N1CCC(Cc2ccccc2)CC1. The van der Waals surface area contributed by atoms with Crippen LogP contribution in [0.25, 0.3) is 0 Å². The van der Waals surface area contributed by atoms with Crippen molar-refractivity contribution in [3.63, 3.8) is 0 Å². The Bertz CT molecular complexity index is 751. The van der Waals surface area contributed by atoms with Gasteiger partial charge < -0.3 is 11.1 Å². The second kappa shape index (κ2) is 8.47. The smallest absolute Gasteiger partial charge is 0.251 e. The lowest BCUT2D eigenvalue weighted by atomic mass is 9.89. The number of benzene rings is 1. The molecule has 0 saturated carbocycles. The van der Waals surface area contributed by atoms with Gasteiger partial charge in [-0.2, -0.15) is 0 Å². The second-order valence-electron chi connectivity index (χ2n) is 6.86. The van der Waals surface area contributed by atoms with Crippen LogP contribution in [0.5, 0.6) is 0 Å². The summed E-state index contributed by atoms with van der Waals surface area (Å²) in [6, 6.07) is 12.0. The molecule has 0 aliphatic carbocycles. The summed E-state index contributed by atoms with van der Waals surface area (Å²) < 4.78 is 0. The van der Waals surface area contributed by atoms with E-state index in [-0.39, 0.29) is 11.9 Å². The number of carbonyl (C=O) groups is 2. The number of anilines is 1. The van der Waals surface area contributed by atoms with Gasteiger partial charge in [0, 0.05) is 0 Å². The molecule has 6 heteroatoms. The molecule has 2 heterocycles. The first-order chi connectivity index (χ1) is 12.5. The number of nitrogens with one attached hydrogen (secondary N) is 1. The highest BCUT2D eigenvalue weighted by molar-refractivity contribution is 7.14. The Morgan fingerprint density at radius 3 is 2.58 bits per heavy atom. The molecular formula is C20H25N3O2S. The minimum atomic E-state index is -0.518. The molecule has 1 aliphatic heterocycles. The summed E-state index contributed by atoms with van der Waals surface area (Å²) in [5, 5.41) is 5.15. The molecule has 1 atom stereocenters. The zero-order chi connectivity index (χ0) is 18.5. The zero-order valence-electron chi connectivity index (χ0n) is 15.0. The maximum Gasteiger partial charge on any atom is 0.251 e. The van der Waals surface area contributed by atoms with Gasteiger partial charge in [-0.15, -0.1) is 11.3 Å². The Labute approximate surface area is 158 Å². The molecule has 1 saturated heterocycles. The van der Waals surface area contributed by atoms with E-state index in [0.717, 1.165) is 32.4 Å². The lowest BCUT2D eigenvalue weighted by molar-refractivity contribution is -0.121. The molecule has 2 amide bonds. The monoisotopic (exact) mass is 371 g/mol. The van der Waals surface area contributed by atoms with Gasteiger partial charge >= 0.3 is 0 Å². The van der Waals surface area contributed by atoms with Gasteiger partial charge in [-0.3, -0.25) is 14.5 Å². The summed E-state index contributed by atoms with van der Waals surface area (Å²) in [5.74, 6) is 0.0649. The van der Waals surface area contributed by atoms with Crippen molar-refractivity contribution >= 4 is 28.2 Å². The fourth-order valence-corrected chi connectivity index (χ4v) is 4.27. The number of primary amides is 1. The molecule has 0 bridgehead atoms. The molecule has 5 nitrogen and oxygen atoms in total. The van der Waals surface area contributed by atoms with E-state index in [1.807, 2.05) is 13.0 Å². The molecule has 0 radical (unpaired) electrons. The third-order valence-corrected chi connectivity index (χ3v) is 5.94. The molecule has 1 fully saturated rings. The van der Waals surface area contributed by atoms with Crippen LogP contribution in [0.3, 0.4) is 0 Å². The highest BCUT2D eigenvalue weighted by Crippen LogP contribution is 2.25. The number of thiophene rings is 1. The average Bonchev–Trinajstić information content (AvgIpc) is 3.11. The Kier molecular flexibility index (Phi) is 6.06. The molecule has 3 rings (SSSR count). The molecular weight excluding hydrogens is 346 g/mol. The molecule has 138 valence electrons. The Morgan fingerprint density at radius 2 is 1.92 bits per heavy atom. The summed E-state index contributed by atoms with van der Waals surface area (Å²) >= 11 is 1.32. The van der Waals surface area contributed by atoms with E-state index in [2.05, 4.69) is 34.5 Å². The van der Waals surface area contributed by atoms with Gasteiger partial charge in [-0.25, -0.2) is 0 Å². The minimum absolute atomic E-state index is 0.0866. The van der Waals surface area contributed by atoms with Crippen LogP contribution in [0, 0.1) is 5.92 Å². The van der Waals surface area contributed by atoms with Crippen molar-refractivity contribution in [2.24, 2.45) is 11.7 Å². The fourth-order valence-electron chi connectivity index (χ4n) is 3.47. The average molecular weight is 372 g/mol. The Hall–Kier alpha value is -2.18.